The SMILES string of the molecule is C/C=C/c1ccc(OCC(=O)N2CCC(N)C(C)(C)C2)c(OC)c1. The van der Waals surface area contributed by atoms with Crippen molar-refractivity contribution in [3.63, 3.8) is 0 Å². The van der Waals surface area contributed by atoms with Crippen LogP contribution >= 0.6 is 0 Å². The number of benzene rings is 1. The Labute approximate surface area is 144 Å². The second-order valence-corrected chi connectivity index (χ2v) is 6.90. The smallest absolute Gasteiger partial charge is 0.260 e. The fourth-order valence-corrected chi connectivity index (χ4v) is 2.92. The molecule has 132 valence electrons. The molecule has 1 aliphatic rings. The maximum atomic E-state index is 12.4. The van der Waals surface area contributed by atoms with Crippen LogP contribution in [0, 0.1) is 5.41 Å². The lowest BCUT2D eigenvalue weighted by Gasteiger charge is -2.42. The van der Waals surface area contributed by atoms with Gasteiger partial charge in [-0.1, -0.05) is 32.1 Å². The summed E-state index contributed by atoms with van der Waals surface area (Å²) in [5, 5.41) is 0. The summed E-state index contributed by atoms with van der Waals surface area (Å²) in [6.07, 6.45) is 4.76. The molecule has 0 aromatic heterocycles. The highest BCUT2D eigenvalue weighted by atomic mass is 16.5. The molecule has 1 aromatic carbocycles. The van der Waals surface area contributed by atoms with E-state index in [0.29, 0.717) is 24.6 Å². The largest absolute Gasteiger partial charge is 0.493 e. The molecule has 5 nitrogen and oxygen atoms in total. The highest BCUT2D eigenvalue weighted by Gasteiger charge is 2.35. The zero-order valence-electron chi connectivity index (χ0n) is 15.0. The maximum absolute atomic E-state index is 12.4. The van der Waals surface area contributed by atoms with Crippen LogP contribution < -0.4 is 15.2 Å². The van der Waals surface area contributed by atoms with E-state index in [9.17, 15) is 4.79 Å². The summed E-state index contributed by atoms with van der Waals surface area (Å²) >= 11 is 0. The number of ether oxygens (including phenoxy) is 2. The third-order valence-corrected chi connectivity index (χ3v) is 4.56. The van der Waals surface area contributed by atoms with Crippen molar-refractivity contribution in [2.24, 2.45) is 11.1 Å². The molecule has 1 amide bonds. The average molecular weight is 332 g/mol. The minimum absolute atomic E-state index is 0.00460. The zero-order valence-corrected chi connectivity index (χ0v) is 15.0. The van der Waals surface area contributed by atoms with Crippen molar-refractivity contribution in [2.75, 3.05) is 26.8 Å². The summed E-state index contributed by atoms with van der Waals surface area (Å²) in [5.74, 6) is 1.18. The molecule has 1 unspecified atom stereocenters. The van der Waals surface area contributed by atoms with Crippen molar-refractivity contribution < 1.29 is 14.3 Å². The van der Waals surface area contributed by atoms with Crippen LogP contribution in [0.25, 0.3) is 6.08 Å². The van der Waals surface area contributed by atoms with Crippen LogP contribution in [0.5, 0.6) is 11.5 Å². The van der Waals surface area contributed by atoms with Crippen LogP contribution in [0.3, 0.4) is 0 Å². The van der Waals surface area contributed by atoms with Crippen molar-refractivity contribution in [3.8, 4) is 11.5 Å². The zero-order chi connectivity index (χ0) is 17.7. The normalized spacial score (nSPS) is 20.2. The molecular formula is C19H28N2O3. The van der Waals surface area contributed by atoms with Gasteiger partial charge in [0.25, 0.3) is 5.91 Å². The fourth-order valence-electron chi connectivity index (χ4n) is 2.92. The number of carbonyl (C=O) groups is 1. The van der Waals surface area contributed by atoms with Gasteiger partial charge in [0.15, 0.2) is 18.1 Å². The van der Waals surface area contributed by atoms with Gasteiger partial charge in [-0.2, -0.15) is 0 Å². The first-order chi connectivity index (χ1) is 11.4. The van der Waals surface area contributed by atoms with E-state index in [2.05, 4.69) is 13.8 Å². The highest BCUT2D eigenvalue weighted by molar-refractivity contribution is 5.78. The Morgan fingerprint density at radius 3 is 2.79 bits per heavy atom. The van der Waals surface area contributed by atoms with Gasteiger partial charge in [-0.15, -0.1) is 0 Å². The molecule has 2 rings (SSSR count). The molecule has 1 fully saturated rings. The number of likely N-dealkylation sites (tertiary alicyclic amines) is 1. The molecule has 0 bridgehead atoms. The first-order valence-corrected chi connectivity index (χ1v) is 8.34. The van der Waals surface area contributed by atoms with E-state index in [0.717, 1.165) is 12.0 Å². The van der Waals surface area contributed by atoms with Gasteiger partial charge < -0.3 is 20.1 Å². The predicted octanol–water partition coefficient (Wildman–Crippen LogP) is 2.69. The van der Waals surface area contributed by atoms with Crippen molar-refractivity contribution in [1.82, 2.24) is 4.90 Å². The Bertz CT molecular complexity index is 611. The predicted molar refractivity (Wildman–Crippen MR) is 96.2 cm³/mol. The maximum Gasteiger partial charge on any atom is 0.260 e. The molecule has 1 saturated heterocycles. The molecule has 0 radical (unpaired) electrons. The number of amides is 1. The second kappa shape index (κ2) is 7.71. The van der Waals surface area contributed by atoms with Crippen LogP contribution in [0.1, 0.15) is 32.8 Å². The van der Waals surface area contributed by atoms with Crippen LogP contribution in [-0.4, -0.2) is 43.7 Å². The van der Waals surface area contributed by atoms with E-state index >= 15 is 0 Å². The van der Waals surface area contributed by atoms with Crippen LogP contribution in [0.15, 0.2) is 24.3 Å². The van der Waals surface area contributed by atoms with Gasteiger partial charge in [0.1, 0.15) is 0 Å². The first kappa shape index (κ1) is 18.3. The number of nitrogens with two attached hydrogens (primary N) is 1. The summed E-state index contributed by atoms with van der Waals surface area (Å²) in [5.41, 5.74) is 7.08. The van der Waals surface area contributed by atoms with Gasteiger partial charge in [0.2, 0.25) is 0 Å². The summed E-state index contributed by atoms with van der Waals surface area (Å²) < 4.78 is 11.1. The monoisotopic (exact) mass is 332 g/mol. The molecule has 0 spiro atoms. The topological polar surface area (TPSA) is 64.8 Å². The molecular weight excluding hydrogens is 304 g/mol. The number of allylic oxidation sites excluding steroid dienone is 1. The van der Waals surface area contributed by atoms with Crippen molar-refractivity contribution in [3.05, 3.63) is 29.8 Å². The Morgan fingerprint density at radius 1 is 1.42 bits per heavy atom. The Balaban J connectivity index is 1.99. The van der Waals surface area contributed by atoms with Crippen LogP contribution in [0.4, 0.5) is 0 Å². The second-order valence-electron chi connectivity index (χ2n) is 6.90. The van der Waals surface area contributed by atoms with E-state index in [1.54, 1.807) is 7.11 Å². The Hall–Kier alpha value is -2.01. The number of nitrogens with zero attached hydrogens (tertiary/aromatic N) is 1. The minimum Gasteiger partial charge on any atom is -0.493 e. The standard InChI is InChI=1S/C19H28N2O3/c1-5-6-14-7-8-15(16(11-14)23-4)24-12-18(22)21-10-9-17(20)19(2,3)13-21/h5-8,11,17H,9-10,12-13,20H2,1-4H3/b6-5+. The average Bonchev–Trinajstić information content (AvgIpc) is 2.55. The molecule has 1 aliphatic heterocycles. The Morgan fingerprint density at radius 2 is 2.17 bits per heavy atom. The van der Waals surface area contributed by atoms with Crippen molar-refractivity contribution in [2.45, 2.75) is 33.2 Å². The molecule has 5 heteroatoms. The fraction of sp³-hybridized carbons (Fsp3) is 0.526. The number of methoxy groups -OCH3 is 1. The number of carbonyl (C=O) groups excluding carboxylic acids is 1. The van der Waals surface area contributed by atoms with Gasteiger partial charge >= 0.3 is 0 Å². The number of piperidine rings is 1. The summed E-state index contributed by atoms with van der Waals surface area (Å²) in [6, 6.07) is 5.79. The van der Waals surface area contributed by atoms with E-state index in [-0.39, 0.29) is 24.0 Å². The molecule has 1 atom stereocenters. The van der Waals surface area contributed by atoms with Crippen LogP contribution in [-0.2, 0) is 4.79 Å². The van der Waals surface area contributed by atoms with Gasteiger partial charge in [0, 0.05) is 19.1 Å². The van der Waals surface area contributed by atoms with Crippen LogP contribution in [0.2, 0.25) is 0 Å². The van der Waals surface area contributed by atoms with Gasteiger partial charge in [-0.3, -0.25) is 4.79 Å². The lowest BCUT2D eigenvalue weighted by Crippen LogP contribution is -2.54. The quantitative estimate of drug-likeness (QED) is 0.900. The molecule has 1 aromatic rings. The summed E-state index contributed by atoms with van der Waals surface area (Å²) in [4.78, 5) is 14.3. The first-order valence-electron chi connectivity index (χ1n) is 8.34. The molecule has 1 heterocycles. The van der Waals surface area contributed by atoms with E-state index < -0.39 is 0 Å². The van der Waals surface area contributed by atoms with Gasteiger partial charge in [-0.25, -0.2) is 0 Å². The third-order valence-electron chi connectivity index (χ3n) is 4.56. The minimum atomic E-state index is -0.0697. The summed E-state index contributed by atoms with van der Waals surface area (Å²) in [6.45, 7) is 7.51. The van der Waals surface area contributed by atoms with Gasteiger partial charge in [-0.05, 0) is 36.5 Å². The Kier molecular flexibility index (Phi) is 5.89. The van der Waals surface area contributed by atoms with E-state index in [1.165, 1.54) is 0 Å². The van der Waals surface area contributed by atoms with E-state index in [1.807, 2.05) is 42.2 Å². The lowest BCUT2D eigenvalue weighted by molar-refractivity contribution is -0.136. The number of hydrogen-bond acceptors (Lipinski definition) is 4. The van der Waals surface area contributed by atoms with Crippen molar-refractivity contribution >= 4 is 12.0 Å². The lowest BCUT2D eigenvalue weighted by atomic mass is 9.80. The summed E-state index contributed by atoms with van der Waals surface area (Å²) in [7, 11) is 1.60. The van der Waals surface area contributed by atoms with Crippen molar-refractivity contribution in [1.29, 1.82) is 0 Å². The van der Waals surface area contributed by atoms with E-state index in [4.69, 9.17) is 15.2 Å². The molecule has 24 heavy (non-hydrogen) atoms. The molecule has 2 N–H and O–H groups in total. The molecule has 0 aliphatic carbocycles. The molecule has 0 saturated carbocycles. The number of rotatable bonds is 5. The third kappa shape index (κ3) is 4.29. The number of hydrogen-bond donors (Lipinski definition) is 1. The highest BCUT2D eigenvalue weighted by Crippen LogP contribution is 2.30. The van der Waals surface area contributed by atoms with Gasteiger partial charge in [0.05, 0.1) is 7.11 Å².